The molecular weight excluding hydrogens is 334 g/mol. The van der Waals surface area contributed by atoms with Crippen molar-refractivity contribution in [2.24, 2.45) is 5.92 Å². The summed E-state index contributed by atoms with van der Waals surface area (Å²) in [6.45, 7) is 6.94. The average Bonchev–Trinajstić information content (AvgIpc) is 3.25. The highest BCUT2D eigenvalue weighted by Crippen LogP contribution is 2.22. The van der Waals surface area contributed by atoms with Crippen LogP contribution in [0.3, 0.4) is 0 Å². The Balaban J connectivity index is 1.43. The molecule has 0 radical (unpaired) electrons. The molecule has 0 bridgehead atoms. The van der Waals surface area contributed by atoms with Crippen molar-refractivity contribution in [2.75, 3.05) is 19.9 Å². The van der Waals surface area contributed by atoms with E-state index in [9.17, 15) is 9.59 Å². The molecule has 0 saturated carbocycles. The molecule has 144 valence electrons. The minimum atomic E-state index is -0.476. The van der Waals surface area contributed by atoms with Crippen molar-refractivity contribution in [1.82, 2.24) is 20.5 Å². The molecule has 3 heterocycles. The predicted octanol–water partition coefficient (Wildman–Crippen LogP) is -0.0986. The molecule has 3 rings (SSSR count). The number of aromatic nitrogens is 2. The van der Waals surface area contributed by atoms with Gasteiger partial charge in [-0.15, -0.1) is 0 Å². The average molecular weight is 364 g/mol. The van der Waals surface area contributed by atoms with Crippen LogP contribution in [-0.2, 0) is 27.4 Å². The molecular formula is C18H30N5O3+. The van der Waals surface area contributed by atoms with Crippen LogP contribution in [0.4, 0.5) is 0 Å². The zero-order valence-corrected chi connectivity index (χ0v) is 15.7. The van der Waals surface area contributed by atoms with Gasteiger partial charge < -0.3 is 15.0 Å². The summed E-state index contributed by atoms with van der Waals surface area (Å²) in [5, 5.41) is 6.09. The minimum absolute atomic E-state index is 0.0215. The van der Waals surface area contributed by atoms with Gasteiger partial charge in [0.25, 0.3) is 0 Å². The number of imidazole rings is 1. The highest BCUT2D eigenvalue weighted by atomic mass is 16.5. The second-order valence-electron chi connectivity index (χ2n) is 7.54. The molecule has 8 nitrogen and oxygen atoms in total. The smallest absolute Gasteiger partial charge is 0.246 e. The summed E-state index contributed by atoms with van der Waals surface area (Å²) in [5.74, 6) is 0.659. The third-order valence-electron chi connectivity index (χ3n) is 4.95. The summed E-state index contributed by atoms with van der Waals surface area (Å²) in [6.07, 6.45) is 7.02. The molecule has 2 atom stereocenters. The topological polar surface area (TPSA) is 90.3 Å². The van der Waals surface area contributed by atoms with Crippen LogP contribution >= 0.6 is 0 Å². The molecule has 0 spiro atoms. The maximum absolute atomic E-state index is 12.5. The first-order valence-electron chi connectivity index (χ1n) is 9.50. The number of carbonyl (C=O) groups excluding carboxylic acids is 2. The Hall–Kier alpha value is -1.93. The van der Waals surface area contributed by atoms with Crippen LogP contribution in [0.15, 0.2) is 12.5 Å². The van der Waals surface area contributed by atoms with Gasteiger partial charge in [-0.25, -0.2) is 9.55 Å². The van der Waals surface area contributed by atoms with Gasteiger partial charge in [0.1, 0.15) is 30.6 Å². The summed E-state index contributed by atoms with van der Waals surface area (Å²) in [4.78, 5) is 29.6. The van der Waals surface area contributed by atoms with Crippen LogP contribution < -0.4 is 15.2 Å². The monoisotopic (exact) mass is 364 g/mol. The van der Waals surface area contributed by atoms with Crippen molar-refractivity contribution >= 4 is 11.8 Å². The first-order chi connectivity index (χ1) is 12.5. The van der Waals surface area contributed by atoms with Gasteiger partial charge in [0, 0.05) is 19.6 Å². The predicted molar refractivity (Wildman–Crippen MR) is 94.8 cm³/mol. The van der Waals surface area contributed by atoms with Crippen LogP contribution in [-0.4, -0.2) is 53.7 Å². The van der Waals surface area contributed by atoms with E-state index in [2.05, 4.69) is 29.5 Å². The Labute approximate surface area is 154 Å². The van der Waals surface area contributed by atoms with E-state index in [1.54, 1.807) is 4.90 Å². The van der Waals surface area contributed by atoms with E-state index in [0.29, 0.717) is 32.3 Å². The third-order valence-corrected chi connectivity index (χ3v) is 4.95. The van der Waals surface area contributed by atoms with Gasteiger partial charge in [0.15, 0.2) is 0 Å². The molecule has 2 aliphatic rings. The molecule has 2 amide bonds. The quantitative estimate of drug-likeness (QED) is 0.324. The van der Waals surface area contributed by atoms with Crippen molar-refractivity contribution in [3.8, 4) is 0 Å². The molecule has 1 aromatic rings. The largest absolute Gasteiger partial charge is 0.366 e. The van der Waals surface area contributed by atoms with Gasteiger partial charge in [0.05, 0.1) is 6.73 Å². The first-order valence-corrected chi connectivity index (χ1v) is 9.50. The van der Waals surface area contributed by atoms with E-state index in [-0.39, 0.29) is 17.9 Å². The normalized spacial score (nSPS) is 22.8. The number of fused-ring (bicyclic) bond motifs is 1. The molecule has 26 heavy (non-hydrogen) atoms. The minimum Gasteiger partial charge on any atom is -0.366 e. The maximum atomic E-state index is 12.5. The lowest BCUT2D eigenvalue weighted by Crippen LogP contribution is -2.61. The Bertz CT molecular complexity index is 630. The van der Waals surface area contributed by atoms with E-state index < -0.39 is 6.04 Å². The van der Waals surface area contributed by atoms with Crippen molar-refractivity contribution in [3.05, 3.63) is 18.2 Å². The van der Waals surface area contributed by atoms with Gasteiger partial charge in [-0.2, -0.15) is 0 Å². The van der Waals surface area contributed by atoms with Gasteiger partial charge in [-0.05, 0) is 25.2 Å². The Kier molecular flexibility index (Phi) is 6.26. The standard InChI is InChI=1S/C18H29N5O3/c1-13(2)5-7-26-12-19-10-22-9-14(20-11-22)8-15-18(25)23-6-3-4-16(23)17(24)21-15/h9,11,13,15-16,19H,3-8,10,12H2,1-2H3,(H,21,24)/p+1/t15-,16-/m0/s1. The number of aromatic amines is 1. The lowest BCUT2D eigenvalue weighted by atomic mass is 10.0. The van der Waals surface area contributed by atoms with Crippen LogP contribution in [0.25, 0.3) is 0 Å². The van der Waals surface area contributed by atoms with Gasteiger partial charge in [0.2, 0.25) is 18.1 Å². The summed E-state index contributed by atoms with van der Waals surface area (Å²) < 4.78 is 7.50. The maximum Gasteiger partial charge on any atom is 0.246 e. The SMILES string of the molecule is CC(C)CCOCNC[n+]1c[nH]c(C[C@@H]2NC(=O)[C@@H]3CCCN3C2=O)c1. The lowest BCUT2D eigenvalue weighted by molar-refractivity contribution is -0.701. The Morgan fingerprint density at radius 1 is 1.42 bits per heavy atom. The van der Waals surface area contributed by atoms with E-state index in [1.807, 2.05) is 17.1 Å². The lowest BCUT2D eigenvalue weighted by Gasteiger charge is -2.34. The summed E-state index contributed by atoms with van der Waals surface area (Å²) in [5.41, 5.74) is 0.920. The van der Waals surface area contributed by atoms with Crippen LogP contribution in [0.5, 0.6) is 0 Å². The zero-order chi connectivity index (χ0) is 18.5. The summed E-state index contributed by atoms with van der Waals surface area (Å²) in [7, 11) is 0. The molecule has 0 aromatic carbocycles. The molecule has 0 aliphatic carbocycles. The van der Waals surface area contributed by atoms with E-state index >= 15 is 0 Å². The second kappa shape index (κ2) is 8.64. The number of rotatable bonds is 9. The van der Waals surface area contributed by atoms with Crippen LogP contribution in [0, 0.1) is 5.92 Å². The zero-order valence-electron chi connectivity index (χ0n) is 15.7. The third kappa shape index (κ3) is 4.62. The highest BCUT2D eigenvalue weighted by molar-refractivity contribution is 5.97. The Morgan fingerprint density at radius 2 is 2.27 bits per heavy atom. The van der Waals surface area contributed by atoms with E-state index in [4.69, 9.17) is 4.74 Å². The first kappa shape index (κ1) is 18.8. The van der Waals surface area contributed by atoms with Crippen LogP contribution in [0.2, 0.25) is 0 Å². The van der Waals surface area contributed by atoms with Crippen molar-refractivity contribution in [3.63, 3.8) is 0 Å². The molecule has 1 aromatic heterocycles. The molecule has 0 unspecified atom stereocenters. The van der Waals surface area contributed by atoms with Gasteiger partial charge >= 0.3 is 0 Å². The molecule has 2 aliphatic heterocycles. The number of hydrogen-bond acceptors (Lipinski definition) is 4. The fourth-order valence-electron chi connectivity index (χ4n) is 3.47. The molecule has 8 heteroatoms. The molecule has 2 fully saturated rings. The van der Waals surface area contributed by atoms with E-state index in [1.165, 1.54) is 0 Å². The number of carbonyl (C=O) groups is 2. The van der Waals surface area contributed by atoms with Crippen molar-refractivity contribution < 1.29 is 18.9 Å². The van der Waals surface area contributed by atoms with Gasteiger partial charge in [-0.1, -0.05) is 13.8 Å². The highest BCUT2D eigenvalue weighted by Gasteiger charge is 2.43. The molecule has 2 saturated heterocycles. The van der Waals surface area contributed by atoms with Crippen LogP contribution in [0.1, 0.15) is 38.8 Å². The van der Waals surface area contributed by atoms with E-state index in [0.717, 1.165) is 31.6 Å². The number of hydrogen-bond donors (Lipinski definition) is 3. The summed E-state index contributed by atoms with van der Waals surface area (Å²) in [6, 6.07) is -0.733. The molecule has 3 N–H and O–H groups in total. The van der Waals surface area contributed by atoms with Crippen molar-refractivity contribution in [2.45, 2.75) is 58.3 Å². The number of piperazine rings is 1. The number of amides is 2. The number of nitrogens with zero attached hydrogens (tertiary/aromatic N) is 2. The Morgan fingerprint density at radius 3 is 3.08 bits per heavy atom. The number of ether oxygens (including phenoxy) is 1. The van der Waals surface area contributed by atoms with Gasteiger partial charge in [-0.3, -0.25) is 14.9 Å². The fourth-order valence-corrected chi connectivity index (χ4v) is 3.47. The fraction of sp³-hybridized carbons (Fsp3) is 0.722. The summed E-state index contributed by atoms with van der Waals surface area (Å²) >= 11 is 0. The second-order valence-corrected chi connectivity index (χ2v) is 7.54. The van der Waals surface area contributed by atoms with Crippen molar-refractivity contribution in [1.29, 1.82) is 0 Å². The number of nitrogens with one attached hydrogen (secondary N) is 3. The number of H-pyrrole nitrogens is 1.